The molecule has 0 aromatic heterocycles. The predicted molar refractivity (Wildman–Crippen MR) is 102 cm³/mol. The van der Waals surface area contributed by atoms with Crippen molar-refractivity contribution in [3.63, 3.8) is 0 Å². The van der Waals surface area contributed by atoms with Crippen LogP contribution in [0, 0.1) is 0 Å². The van der Waals surface area contributed by atoms with E-state index in [1.54, 1.807) is 0 Å². The fourth-order valence-electron chi connectivity index (χ4n) is 3.39. The van der Waals surface area contributed by atoms with E-state index in [0.717, 1.165) is 17.9 Å². The van der Waals surface area contributed by atoms with E-state index >= 15 is 0 Å². The molecule has 3 nitrogen and oxygen atoms in total. The minimum Gasteiger partial charge on any atom is -0.481 e. The molecule has 25 heavy (non-hydrogen) atoms. The lowest BCUT2D eigenvalue weighted by Gasteiger charge is -2.26. The zero-order valence-electron chi connectivity index (χ0n) is 15.7. The number of hydrogen-bond donors (Lipinski definition) is 0. The highest BCUT2D eigenvalue weighted by molar-refractivity contribution is 5.99. The van der Waals surface area contributed by atoms with Crippen molar-refractivity contribution < 1.29 is 9.53 Å². The van der Waals surface area contributed by atoms with Crippen molar-refractivity contribution in [1.29, 1.82) is 0 Å². The summed E-state index contributed by atoms with van der Waals surface area (Å²) in [6.07, 6.45) is 0.378. The molecule has 0 saturated heterocycles. The Kier molecular flexibility index (Phi) is 4.59. The van der Waals surface area contributed by atoms with Crippen molar-refractivity contribution in [1.82, 2.24) is 0 Å². The van der Waals surface area contributed by atoms with Gasteiger partial charge in [-0.2, -0.15) is 0 Å². The van der Waals surface area contributed by atoms with Gasteiger partial charge in [-0.25, -0.2) is 0 Å². The van der Waals surface area contributed by atoms with Crippen LogP contribution >= 0.6 is 0 Å². The number of carbonyl (C=O) groups is 1. The standard InChI is InChI=1S/C22H27NO2/c1-15-14-17-8-6-7-9-20(17)23(15)21(24)16(2)25-19-12-10-18(11-13-19)22(3,4)5/h6-13,15-16H,14H2,1-5H3/t15-,16+/m0/s1. The summed E-state index contributed by atoms with van der Waals surface area (Å²) in [5, 5.41) is 0. The normalized spacial score (nSPS) is 18.0. The second-order valence-corrected chi connectivity index (χ2v) is 7.92. The third-order valence-corrected chi connectivity index (χ3v) is 4.83. The second kappa shape index (κ2) is 6.55. The Balaban J connectivity index is 1.73. The Hall–Kier alpha value is -2.29. The van der Waals surface area contributed by atoms with Crippen LogP contribution < -0.4 is 9.64 Å². The first kappa shape index (κ1) is 17.5. The molecule has 0 fully saturated rings. The molecule has 0 unspecified atom stereocenters. The van der Waals surface area contributed by atoms with Gasteiger partial charge in [0.1, 0.15) is 5.75 Å². The highest BCUT2D eigenvalue weighted by atomic mass is 16.5. The van der Waals surface area contributed by atoms with Crippen LogP contribution in [0.15, 0.2) is 48.5 Å². The van der Waals surface area contributed by atoms with E-state index in [2.05, 4.69) is 45.9 Å². The third-order valence-electron chi connectivity index (χ3n) is 4.83. The smallest absolute Gasteiger partial charge is 0.268 e. The van der Waals surface area contributed by atoms with Gasteiger partial charge in [0, 0.05) is 11.7 Å². The van der Waals surface area contributed by atoms with Crippen molar-refractivity contribution in [2.24, 2.45) is 0 Å². The topological polar surface area (TPSA) is 29.5 Å². The molecule has 2 atom stereocenters. The van der Waals surface area contributed by atoms with E-state index in [4.69, 9.17) is 4.74 Å². The van der Waals surface area contributed by atoms with E-state index in [0.29, 0.717) is 0 Å². The minimum absolute atomic E-state index is 0.0114. The monoisotopic (exact) mass is 337 g/mol. The summed E-state index contributed by atoms with van der Waals surface area (Å²) in [7, 11) is 0. The fourth-order valence-corrected chi connectivity index (χ4v) is 3.39. The summed E-state index contributed by atoms with van der Waals surface area (Å²) < 4.78 is 5.93. The average molecular weight is 337 g/mol. The first-order valence-corrected chi connectivity index (χ1v) is 8.95. The maximum atomic E-state index is 12.9. The average Bonchev–Trinajstić information content (AvgIpc) is 2.89. The molecule has 132 valence electrons. The van der Waals surface area contributed by atoms with Gasteiger partial charge in [0.25, 0.3) is 5.91 Å². The van der Waals surface area contributed by atoms with Crippen LogP contribution in [-0.2, 0) is 16.6 Å². The van der Waals surface area contributed by atoms with Crippen LogP contribution in [0.5, 0.6) is 5.75 Å². The maximum Gasteiger partial charge on any atom is 0.268 e. The molecule has 2 aromatic carbocycles. The van der Waals surface area contributed by atoms with Crippen LogP contribution in [0.25, 0.3) is 0 Å². The molecule has 0 saturated carbocycles. The van der Waals surface area contributed by atoms with Crippen LogP contribution in [-0.4, -0.2) is 18.1 Å². The number of para-hydroxylation sites is 1. The first-order chi connectivity index (χ1) is 11.8. The largest absolute Gasteiger partial charge is 0.481 e. The van der Waals surface area contributed by atoms with E-state index in [-0.39, 0.29) is 17.4 Å². The van der Waals surface area contributed by atoms with Crippen LogP contribution in [0.4, 0.5) is 5.69 Å². The van der Waals surface area contributed by atoms with Crippen LogP contribution in [0.3, 0.4) is 0 Å². The number of benzene rings is 2. The van der Waals surface area contributed by atoms with Gasteiger partial charge < -0.3 is 9.64 Å². The number of amides is 1. The van der Waals surface area contributed by atoms with Crippen molar-refractivity contribution in [3.05, 3.63) is 59.7 Å². The Morgan fingerprint density at radius 2 is 1.76 bits per heavy atom. The van der Waals surface area contributed by atoms with Crippen molar-refractivity contribution in [2.75, 3.05) is 4.90 Å². The number of anilines is 1. The van der Waals surface area contributed by atoms with E-state index in [1.165, 1.54) is 11.1 Å². The molecule has 0 bridgehead atoms. The van der Waals surface area contributed by atoms with E-state index in [1.807, 2.05) is 42.2 Å². The van der Waals surface area contributed by atoms with Gasteiger partial charge in [-0.15, -0.1) is 0 Å². The van der Waals surface area contributed by atoms with E-state index in [9.17, 15) is 4.79 Å². The maximum absolute atomic E-state index is 12.9. The summed E-state index contributed by atoms with van der Waals surface area (Å²) in [6.45, 7) is 10.5. The molecule has 3 rings (SSSR count). The predicted octanol–water partition coefficient (Wildman–Crippen LogP) is 4.73. The Morgan fingerprint density at radius 3 is 2.40 bits per heavy atom. The van der Waals surface area contributed by atoms with Crippen molar-refractivity contribution in [3.8, 4) is 5.75 Å². The highest BCUT2D eigenvalue weighted by Crippen LogP contribution is 2.33. The lowest BCUT2D eigenvalue weighted by Crippen LogP contribution is -2.43. The van der Waals surface area contributed by atoms with Crippen LogP contribution in [0.2, 0.25) is 0 Å². The summed E-state index contributed by atoms with van der Waals surface area (Å²) in [6, 6.07) is 16.3. The highest BCUT2D eigenvalue weighted by Gasteiger charge is 2.33. The summed E-state index contributed by atoms with van der Waals surface area (Å²) >= 11 is 0. The molecule has 1 aliphatic rings. The van der Waals surface area contributed by atoms with Crippen LogP contribution in [0.1, 0.15) is 45.7 Å². The molecule has 1 amide bonds. The number of rotatable bonds is 3. The lowest BCUT2D eigenvalue weighted by atomic mass is 9.87. The zero-order chi connectivity index (χ0) is 18.2. The van der Waals surface area contributed by atoms with Gasteiger partial charge in [-0.3, -0.25) is 4.79 Å². The molecule has 1 heterocycles. The molecule has 3 heteroatoms. The molecule has 1 aliphatic heterocycles. The first-order valence-electron chi connectivity index (χ1n) is 8.95. The van der Waals surface area contributed by atoms with E-state index < -0.39 is 6.10 Å². The van der Waals surface area contributed by atoms with Gasteiger partial charge in [0.15, 0.2) is 6.10 Å². The molecule has 0 radical (unpaired) electrons. The number of carbonyl (C=O) groups excluding carboxylic acids is 1. The van der Waals surface area contributed by atoms with Gasteiger partial charge in [-0.05, 0) is 55.0 Å². The molecule has 0 N–H and O–H groups in total. The SMILES string of the molecule is C[C@@H](Oc1ccc(C(C)(C)C)cc1)C(=O)N1c2ccccc2C[C@@H]1C. The number of hydrogen-bond acceptors (Lipinski definition) is 2. The third kappa shape index (κ3) is 3.55. The number of nitrogens with zero attached hydrogens (tertiary/aromatic N) is 1. The Morgan fingerprint density at radius 1 is 1.12 bits per heavy atom. The van der Waals surface area contributed by atoms with Gasteiger partial charge in [0.05, 0.1) is 0 Å². The van der Waals surface area contributed by atoms with Gasteiger partial charge in [0.2, 0.25) is 0 Å². The molecular weight excluding hydrogens is 310 g/mol. The molecular formula is C22H27NO2. The Bertz CT molecular complexity index is 758. The Labute approximate surface area is 150 Å². The van der Waals surface area contributed by atoms with Gasteiger partial charge >= 0.3 is 0 Å². The molecule has 0 spiro atoms. The van der Waals surface area contributed by atoms with Gasteiger partial charge in [-0.1, -0.05) is 51.1 Å². The van der Waals surface area contributed by atoms with Crippen molar-refractivity contribution in [2.45, 2.75) is 58.6 Å². The minimum atomic E-state index is -0.519. The molecule has 2 aromatic rings. The molecule has 0 aliphatic carbocycles. The summed E-state index contributed by atoms with van der Waals surface area (Å²) in [5.41, 5.74) is 3.60. The summed E-state index contributed by atoms with van der Waals surface area (Å²) in [4.78, 5) is 14.8. The lowest BCUT2D eigenvalue weighted by molar-refractivity contribution is -0.124. The zero-order valence-corrected chi connectivity index (χ0v) is 15.7. The quantitative estimate of drug-likeness (QED) is 0.810. The number of ether oxygens (including phenoxy) is 1. The fraction of sp³-hybridized carbons (Fsp3) is 0.409. The summed E-state index contributed by atoms with van der Waals surface area (Å²) in [5.74, 6) is 0.742. The van der Waals surface area contributed by atoms with Crippen molar-refractivity contribution >= 4 is 11.6 Å². The second-order valence-electron chi connectivity index (χ2n) is 7.92. The number of fused-ring (bicyclic) bond motifs is 1.